The summed E-state index contributed by atoms with van der Waals surface area (Å²) in [4.78, 5) is 26.1. The van der Waals surface area contributed by atoms with Crippen molar-refractivity contribution in [3.05, 3.63) is 68.8 Å². The Morgan fingerprint density at radius 2 is 1.93 bits per heavy atom. The van der Waals surface area contributed by atoms with Gasteiger partial charge in [-0.1, -0.05) is 37.3 Å². The first kappa shape index (κ1) is 22.5. The van der Waals surface area contributed by atoms with Gasteiger partial charge in [0.1, 0.15) is 6.61 Å². The molecular formula is C21H19F3INO4. The van der Waals surface area contributed by atoms with Crippen LogP contribution in [0.3, 0.4) is 0 Å². The Morgan fingerprint density at radius 3 is 2.57 bits per heavy atom. The van der Waals surface area contributed by atoms with Crippen molar-refractivity contribution in [2.45, 2.75) is 31.7 Å². The van der Waals surface area contributed by atoms with Crippen LogP contribution in [0.2, 0.25) is 0 Å². The van der Waals surface area contributed by atoms with E-state index in [-0.39, 0.29) is 12.2 Å². The molecule has 2 aromatic carbocycles. The first-order valence-corrected chi connectivity index (χ1v) is 10.3. The van der Waals surface area contributed by atoms with Crippen molar-refractivity contribution < 1.29 is 32.6 Å². The second kappa shape index (κ2) is 8.93. The topological polar surface area (TPSA) is 66.8 Å². The van der Waals surface area contributed by atoms with E-state index in [1.54, 1.807) is 22.6 Å². The van der Waals surface area contributed by atoms with Gasteiger partial charge in [0.25, 0.3) is 0 Å². The first-order valence-electron chi connectivity index (χ1n) is 9.18. The van der Waals surface area contributed by atoms with Gasteiger partial charge >= 0.3 is 12.3 Å². The Balaban J connectivity index is 1.82. The van der Waals surface area contributed by atoms with Crippen molar-refractivity contribution in [1.82, 2.24) is 4.90 Å². The zero-order valence-corrected chi connectivity index (χ0v) is 18.1. The zero-order valence-electron chi connectivity index (χ0n) is 15.9. The summed E-state index contributed by atoms with van der Waals surface area (Å²) in [5.41, 5.74) is -0.0307. The lowest BCUT2D eigenvalue weighted by atomic mass is 9.94. The van der Waals surface area contributed by atoms with Crippen molar-refractivity contribution in [2.24, 2.45) is 5.92 Å². The maximum Gasteiger partial charge on any atom is 0.416 e. The lowest BCUT2D eigenvalue weighted by molar-refractivity contribution is -0.137. The molecule has 1 aliphatic rings. The lowest BCUT2D eigenvalue weighted by Crippen LogP contribution is -2.44. The number of rotatable bonds is 5. The van der Waals surface area contributed by atoms with Crippen LogP contribution >= 0.6 is 22.6 Å². The van der Waals surface area contributed by atoms with Crippen LogP contribution in [0, 0.1) is 9.49 Å². The van der Waals surface area contributed by atoms with Gasteiger partial charge in [0.2, 0.25) is 5.91 Å². The Bertz CT molecular complexity index is 936. The smallest absolute Gasteiger partial charge is 0.416 e. The number of carbonyl (C=O) groups excluding carboxylic acids is 2. The third-order valence-electron chi connectivity index (χ3n) is 5.02. The number of carbonyl (C=O) groups is 2. The summed E-state index contributed by atoms with van der Waals surface area (Å²) in [6.07, 6.45) is -6.54. The normalized spacial score (nSPS) is 18.8. The minimum absolute atomic E-state index is 0.0153. The third kappa shape index (κ3) is 4.77. The second-order valence-electron chi connectivity index (χ2n) is 7.10. The molecule has 0 unspecified atom stereocenters. The van der Waals surface area contributed by atoms with E-state index in [4.69, 9.17) is 4.74 Å². The molecule has 1 saturated heterocycles. The molecule has 0 saturated carbocycles. The molecule has 0 bridgehead atoms. The molecule has 0 radical (unpaired) electrons. The molecular weight excluding hydrogens is 514 g/mol. The van der Waals surface area contributed by atoms with Crippen LogP contribution in [0.25, 0.3) is 0 Å². The molecule has 2 amide bonds. The van der Waals surface area contributed by atoms with Crippen LogP contribution in [0.1, 0.15) is 29.7 Å². The minimum atomic E-state index is -4.58. The predicted octanol–water partition coefficient (Wildman–Crippen LogP) is 4.57. The molecule has 0 aromatic heterocycles. The van der Waals surface area contributed by atoms with Gasteiger partial charge in [-0.2, -0.15) is 13.2 Å². The maximum absolute atomic E-state index is 13.1. The van der Waals surface area contributed by atoms with E-state index in [1.807, 2.05) is 30.3 Å². The molecule has 3 rings (SSSR count). The van der Waals surface area contributed by atoms with Crippen LogP contribution in [-0.4, -0.2) is 34.7 Å². The summed E-state index contributed by atoms with van der Waals surface area (Å²) in [6.45, 7) is 1.40. The number of alkyl halides is 3. The van der Waals surface area contributed by atoms with E-state index in [0.29, 0.717) is 9.99 Å². The number of halogens is 4. The fourth-order valence-electron chi connectivity index (χ4n) is 3.34. The number of amides is 2. The number of imide groups is 1. The highest BCUT2D eigenvalue weighted by Gasteiger charge is 2.42. The fourth-order valence-corrected chi connectivity index (χ4v) is 3.99. The van der Waals surface area contributed by atoms with Crippen LogP contribution < -0.4 is 0 Å². The SMILES string of the molecule is C[C@@H](C(=O)N1C(=O)OC[C@@H]1Cc1ccccc1)[C@H](O)c1cc(C(F)(F)F)ccc1I. The van der Waals surface area contributed by atoms with E-state index in [0.717, 1.165) is 22.6 Å². The third-order valence-corrected chi connectivity index (χ3v) is 6.00. The first-order chi connectivity index (χ1) is 14.1. The number of aliphatic hydroxyl groups is 1. The molecule has 0 spiro atoms. The summed E-state index contributed by atoms with van der Waals surface area (Å²) in [6, 6.07) is 11.7. The van der Waals surface area contributed by atoms with E-state index >= 15 is 0 Å². The molecule has 1 N–H and O–H groups in total. The predicted molar refractivity (Wildman–Crippen MR) is 110 cm³/mol. The monoisotopic (exact) mass is 533 g/mol. The number of ether oxygens (including phenoxy) is 1. The van der Waals surface area contributed by atoms with Crippen molar-refractivity contribution >= 4 is 34.6 Å². The molecule has 3 atom stereocenters. The van der Waals surface area contributed by atoms with Crippen molar-refractivity contribution in [3.63, 3.8) is 0 Å². The van der Waals surface area contributed by atoms with E-state index in [2.05, 4.69) is 0 Å². The molecule has 1 fully saturated rings. The molecule has 0 aliphatic carbocycles. The zero-order chi connectivity index (χ0) is 22.1. The van der Waals surface area contributed by atoms with Crippen LogP contribution in [0.15, 0.2) is 48.5 Å². The quantitative estimate of drug-likeness (QED) is 0.573. The highest BCUT2D eigenvalue weighted by Crippen LogP contribution is 2.35. The Hall–Kier alpha value is -2.14. The van der Waals surface area contributed by atoms with Crippen LogP contribution in [0.5, 0.6) is 0 Å². The fraction of sp³-hybridized carbons (Fsp3) is 0.333. The van der Waals surface area contributed by atoms with Gasteiger partial charge in [0, 0.05) is 3.57 Å². The highest BCUT2D eigenvalue weighted by molar-refractivity contribution is 14.1. The molecule has 2 aromatic rings. The van der Waals surface area contributed by atoms with Crippen molar-refractivity contribution in [1.29, 1.82) is 0 Å². The number of cyclic esters (lactones) is 1. The van der Waals surface area contributed by atoms with Crippen molar-refractivity contribution in [2.75, 3.05) is 6.61 Å². The molecule has 9 heteroatoms. The highest BCUT2D eigenvalue weighted by atomic mass is 127. The summed E-state index contributed by atoms with van der Waals surface area (Å²) >= 11 is 1.80. The Morgan fingerprint density at radius 1 is 1.27 bits per heavy atom. The number of benzene rings is 2. The van der Waals surface area contributed by atoms with Gasteiger partial charge in [-0.05, 0) is 58.3 Å². The molecule has 160 valence electrons. The van der Waals surface area contributed by atoms with Gasteiger partial charge in [-0.25, -0.2) is 9.69 Å². The Kier molecular flexibility index (Phi) is 6.71. The molecule has 1 heterocycles. The molecule has 30 heavy (non-hydrogen) atoms. The second-order valence-corrected chi connectivity index (χ2v) is 8.26. The number of hydrogen-bond donors (Lipinski definition) is 1. The van der Waals surface area contributed by atoms with Gasteiger partial charge in [0.05, 0.1) is 23.6 Å². The number of aliphatic hydroxyl groups excluding tert-OH is 1. The number of hydrogen-bond acceptors (Lipinski definition) is 4. The van der Waals surface area contributed by atoms with Gasteiger partial charge in [-0.15, -0.1) is 0 Å². The maximum atomic E-state index is 13.1. The van der Waals surface area contributed by atoms with Crippen LogP contribution in [0.4, 0.5) is 18.0 Å². The van der Waals surface area contributed by atoms with Crippen molar-refractivity contribution in [3.8, 4) is 0 Å². The largest absolute Gasteiger partial charge is 0.447 e. The van der Waals surface area contributed by atoms with E-state index < -0.39 is 41.8 Å². The molecule has 1 aliphatic heterocycles. The van der Waals surface area contributed by atoms with Crippen LogP contribution in [-0.2, 0) is 22.1 Å². The molecule has 5 nitrogen and oxygen atoms in total. The number of nitrogens with zero attached hydrogens (tertiary/aromatic N) is 1. The summed E-state index contributed by atoms with van der Waals surface area (Å²) in [5.74, 6) is -1.84. The summed E-state index contributed by atoms with van der Waals surface area (Å²) in [7, 11) is 0. The Labute approximate surface area is 185 Å². The summed E-state index contributed by atoms with van der Waals surface area (Å²) < 4.78 is 44.6. The van der Waals surface area contributed by atoms with E-state index in [9.17, 15) is 27.9 Å². The van der Waals surface area contributed by atoms with Gasteiger partial charge in [0.15, 0.2) is 0 Å². The minimum Gasteiger partial charge on any atom is -0.447 e. The van der Waals surface area contributed by atoms with E-state index in [1.165, 1.54) is 13.0 Å². The standard InChI is InChI=1S/C21H19F3INO4/c1-12(18(27)16-10-14(21(22,23)24)7-8-17(16)25)19(28)26-15(11-30-20(26)29)9-13-5-3-2-4-6-13/h2-8,10,12,15,18,27H,9,11H2,1H3/t12-,15+,18+/m1/s1. The van der Waals surface area contributed by atoms with Gasteiger partial charge in [-0.3, -0.25) is 4.79 Å². The van der Waals surface area contributed by atoms with Gasteiger partial charge < -0.3 is 9.84 Å². The average molecular weight is 533 g/mol. The lowest BCUT2D eigenvalue weighted by Gasteiger charge is -2.26. The average Bonchev–Trinajstić information content (AvgIpc) is 3.06. The summed E-state index contributed by atoms with van der Waals surface area (Å²) in [5, 5.41) is 10.7.